The molecule has 4 aromatic rings. The normalized spacial score (nSPS) is 11.8. The van der Waals surface area contributed by atoms with Crippen LogP contribution < -0.4 is 10.1 Å². The van der Waals surface area contributed by atoms with Crippen LogP contribution >= 0.6 is 0 Å². The molecule has 6 nitrogen and oxygen atoms in total. The molecule has 0 atom stereocenters. The number of nitrogens with one attached hydrogen (secondary N) is 2. The molecule has 0 aliphatic heterocycles. The van der Waals surface area contributed by atoms with Crippen LogP contribution in [-0.4, -0.2) is 54.3 Å². The summed E-state index contributed by atoms with van der Waals surface area (Å²) in [4.78, 5) is 13.3. The first-order chi connectivity index (χ1) is 19.1. The van der Waals surface area contributed by atoms with Crippen LogP contribution in [0.4, 0.5) is 0 Å². The third-order valence-corrected chi connectivity index (χ3v) is 6.42. The molecule has 0 aliphatic carbocycles. The van der Waals surface area contributed by atoms with Gasteiger partial charge in [-0.3, -0.25) is 9.89 Å². The number of aromatic nitrogens is 2. The van der Waals surface area contributed by atoms with Crippen molar-refractivity contribution in [2.45, 2.75) is 13.3 Å². The molecule has 1 aromatic heterocycles. The number of fused-ring (bicyclic) bond motifs is 1. The maximum atomic E-state index is 11.8. The molecule has 6 heteroatoms. The maximum absolute atomic E-state index is 11.8. The van der Waals surface area contributed by atoms with Crippen LogP contribution in [0.25, 0.3) is 22.0 Å². The predicted molar refractivity (Wildman–Crippen MR) is 159 cm³/mol. The number of H-pyrrole nitrogens is 1. The predicted octanol–water partition coefficient (Wildman–Crippen LogP) is 5.55. The van der Waals surface area contributed by atoms with E-state index < -0.39 is 0 Å². The molecule has 3 aromatic carbocycles. The van der Waals surface area contributed by atoms with Crippen molar-refractivity contribution >= 4 is 28.0 Å². The van der Waals surface area contributed by atoms with Crippen molar-refractivity contribution in [2.24, 2.45) is 0 Å². The second-order valence-electron chi connectivity index (χ2n) is 9.12. The number of benzene rings is 3. The van der Waals surface area contributed by atoms with Gasteiger partial charge in [0.25, 0.3) is 0 Å². The number of terminal acetylenes is 1. The second kappa shape index (κ2) is 13.8. The second-order valence-corrected chi connectivity index (χ2v) is 9.12. The van der Waals surface area contributed by atoms with Gasteiger partial charge < -0.3 is 15.0 Å². The monoisotopic (exact) mass is 518 g/mol. The number of rotatable bonds is 12. The Morgan fingerprint density at radius 3 is 2.59 bits per heavy atom. The summed E-state index contributed by atoms with van der Waals surface area (Å²) in [7, 11) is 1.68. The van der Waals surface area contributed by atoms with E-state index >= 15 is 0 Å². The van der Waals surface area contributed by atoms with Crippen LogP contribution in [-0.2, 0) is 4.79 Å². The number of hydrogen-bond acceptors (Lipinski definition) is 4. The van der Waals surface area contributed by atoms with Crippen molar-refractivity contribution in [2.75, 3.05) is 33.3 Å². The molecular formula is C33H34N4O2. The summed E-state index contributed by atoms with van der Waals surface area (Å²) < 4.78 is 5.95. The highest BCUT2D eigenvalue weighted by molar-refractivity contribution is 6.00. The van der Waals surface area contributed by atoms with Gasteiger partial charge in [0.2, 0.25) is 5.91 Å². The SMILES string of the molecule is C#CCN(C)C(=O)C=CCNCCOc1ccc(C(=C(CC)c2ccccc2)c2ccc3[nH]ncc3c2)cc1. The number of allylic oxidation sites excluding steroid dienone is 1. The van der Waals surface area contributed by atoms with Crippen LogP contribution in [0.3, 0.4) is 0 Å². The van der Waals surface area contributed by atoms with Gasteiger partial charge in [0.1, 0.15) is 12.4 Å². The van der Waals surface area contributed by atoms with Gasteiger partial charge in [0, 0.05) is 31.6 Å². The minimum absolute atomic E-state index is 0.109. The molecule has 0 bridgehead atoms. The topological polar surface area (TPSA) is 70.2 Å². The molecule has 198 valence electrons. The smallest absolute Gasteiger partial charge is 0.246 e. The van der Waals surface area contributed by atoms with Gasteiger partial charge in [-0.15, -0.1) is 6.42 Å². The standard InChI is InChI=1S/C33H34N4O2/c1-4-21-37(3)32(38)12-9-19-34-20-22-39-29-16-13-26(14-17-29)33(30(5-2)25-10-7-6-8-11-25)27-15-18-31-28(23-27)24-35-36-31/h1,6-18,23-24,34H,5,19-22H2,2-3H3,(H,35,36). The molecule has 0 saturated carbocycles. The Balaban J connectivity index is 1.44. The zero-order valence-electron chi connectivity index (χ0n) is 22.5. The average molecular weight is 519 g/mol. The Kier molecular flexibility index (Phi) is 9.71. The summed E-state index contributed by atoms with van der Waals surface area (Å²) in [6, 6.07) is 25.3. The first-order valence-electron chi connectivity index (χ1n) is 13.1. The number of hydrogen-bond donors (Lipinski definition) is 2. The Morgan fingerprint density at radius 2 is 1.85 bits per heavy atom. The number of carbonyl (C=O) groups is 1. The lowest BCUT2D eigenvalue weighted by molar-refractivity contribution is -0.124. The van der Waals surface area contributed by atoms with E-state index in [0.29, 0.717) is 26.2 Å². The zero-order chi connectivity index (χ0) is 27.5. The van der Waals surface area contributed by atoms with E-state index in [2.05, 4.69) is 83.0 Å². The lowest BCUT2D eigenvalue weighted by atomic mass is 9.88. The van der Waals surface area contributed by atoms with Gasteiger partial charge in [-0.2, -0.15) is 5.10 Å². The Bertz CT molecular complexity index is 1480. The first kappa shape index (κ1) is 27.4. The van der Waals surface area contributed by atoms with Gasteiger partial charge >= 0.3 is 0 Å². The molecule has 1 amide bonds. The number of aromatic amines is 1. The summed E-state index contributed by atoms with van der Waals surface area (Å²) >= 11 is 0. The molecular weight excluding hydrogens is 484 g/mol. The van der Waals surface area contributed by atoms with Crippen molar-refractivity contribution in [1.29, 1.82) is 0 Å². The number of likely N-dealkylation sites (N-methyl/N-ethyl adjacent to an activating group) is 1. The van der Waals surface area contributed by atoms with E-state index in [0.717, 1.165) is 34.2 Å². The molecule has 39 heavy (non-hydrogen) atoms. The molecule has 0 aliphatic rings. The zero-order valence-corrected chi connectivity index (χ0v) is 22.5. The van der Waals surface area contributed by atoms with Gasteiger partial charge in [-0.1, -0.05) is 67.5 Å². The van der Waals surface area contributed by atoms with Crippen LogP contribution in [0.15, 0.2) is 91.1 Å². The third kappa shape index (κ3) is 7.25. The highest BCUT2D eigenvalue weighted by Crippen LogP contribution is 2.36. The van der Waals surface area contributed by atoms with Gasteiger partial charge in [0.05, 0.1) is 18.3 Å². The van der Waals surface area contributed by atoms with E-state index in [9.17, 15) is 4.79 Å². The minimum Gasteiger partial charge on any atom is -0.492 e. The third-order valence-electron chi connectivity index (χ3n) is 6.42. The largest absolute Gasteiger partial charge is 0.492 e. The molecule has 0 spiro atoms. The number of ether oxygens (including phenoxy) is 1. The average Bonchev–Trinajstić information content (AvgIpc) is 3.44. The van der Waals surface area contributed by atoms with Crippen LogP contribution in [0.1, 0.15) is 30.0 Å². The minimum atomic E-state index is -0.109. The molecule has 0 saturated heterocycles. The summed E-state index contributed by atoms with van der Waals surface area (Å²) in [5.41, 5.74) is 7.01. The fraction of sp³-hybridized carbons (Fsp3) is 0.212. The molecule has 1 heterocycles. The van der Waals surface area contributed by atoms with Crippen molar-refractivity contribution in [3.8, 4) is 18.1 Å². The summed E-state index contributed by atoms with van der Waals surface area (Å²) in [5, 5.41) is 11.6. The van der Waals surface area contributed by atoms with Crippen molar-refractivity contribution < 1.29 is 9.53 Å². The summed E-state index contributed by atoms with van der Waals surface area (Å²) in [6.45, 7) is 4.25. The quantitative estimate of drug-likeness (QED) is 0.112. The van der Waals surface area contributed by atoms with Gasteiger partial charge in [-0.05, 0) is 58.5 Å². The number of nitrogens with zero attached hydrogens (tertiary/aromatic N) is 2. The molecule has 4 rings (SSSR count). The maximum Gasteiger partial charge on any atom is 0.246 e. The number of carbonyl (C=O) groups excluding carboxylic acids is 1. The summed E-state index contributed by atoms with van der Waals surface area (Å²) in [6.07, 6.45) is 11.3. The van der Waals surface area contributed by atoms with Crippen LogP contribution in [0, 0.1) is 12.3 Å². The van der Waals surface area contributed by atoms with Gasteiger partial charge in [0.15, 0.2) is 0 Å². The van der Waals surface area contributed by atoms with Crippen LogP contribution in [0.5, 0.6) is 5.75 Å². The lowest BCUT2D eigenvalue weighted by Gasteiger charge is -2.17. The Morgan fingerprint density at radius 1 is 1.08 bits per heavy atom. The van der Waals surface area contributed by atoms with Crippen LogP contribution in [0.2, 0.25) is 0 Å². The molecule has 2 N–H and O–H groups in total. The van der Waals surface area contributed by atoms with Crippen molar-refractivity contribution in [3.63, 3.8) is 0 Å². The molecule has 0 fully saturated rings. The van der Waals surface area contributed by atoms with E-state index in [1.165, 1.54) is 27.7 Å². The van der Waals surface area contributed by atoms with E-state index in [1.54, 1.807) is 13.1 Å². The van der Waals surface area contributed by atoms with Gasteiger partial charge in [-0.25, -0.2) is 0 Å². The lowest BCUT2D eigenvalue weighted by Crippen LogP contribution is -2.25. The van der Waals surface area contributed by atoms with E-state index in [-0.39, 0.29) is 5.91 Å². The van der Waals surface area contributed by atoms with Crippen molar-refractivity contribution in [3.05, 3.63) is 108 Å². The number of amides is 1. The fourth-order valence-corrected chi connectivity index (χ4v) is 4.42. The van der Waals surface area contributed by atoms with E-state index in [4.69, 9.17) is 11.2 Å². The highest BCUT2D eigenvalue weighted by atomic mass is 16.5. The highest BCUT2D eigenvalue weighted by Gasteiger charge is 2.14. The fourth-order valence-electron chi connectivity index (χ4n) is 4.42. The van der Waals surface area contributed by atoms with Crippen molar-refractivity contribution in [1.82, 2.24) is 20.4 Å². The van der Waals surface area contributed by atoms with E-state index in [1.807, 2.05) is 24.4 Å². The molecule has 0 radical (unpaired) electrons. The summed E-state index contributed by atoms with van der Waals surface area (Å²) in [5.74, 6) is 3.16. The first-order valence-corrected chi connectivity index (χ1v) is 13.1. The Hall–Kier alpha value is -4.60. The Labute approximate surface area is 230 Å². The molecule has 0 unspecified atom stereocenters.